The van der Waals surface area contributed by atoms with E-state index < -0.39 is 0 Å². The Morgan fingerprint density at radius 1 is 0.950 bits per heavy atom. The smallest absolute Gasteiger partial charge is 0.129 e. The number of nitrogens with one attached hydrogen (secondary N) is 1. The molecule has 0 bridgehead atoms. The molecule has 2 aromatic carbocycles. The Kier molecular flexibility index (Phi) is 4.55. The van der Waals surface area contributed by atoms with Crippen LogP contribution in [0.5, 0.6) is 0 Å². The number of hydrogen-bond donors (Lipinski definition) is 1. The van der Waals surface area contributed by atoms with E-state index in [0.29, 0.717) is 15.6 Å². The molecule has 0 aliphatic heterocycles. The van der Waals surface area contributed by atoms with E-state index in [2.05, 4.69) is 21.2 Å². The molecule has 0 saturated heterocycles. The lowest BCUT2D eigenvalue weighted by Crippen LogP contribution is -2.18. The first-order chi connectivity index (χ1) is 9.42. The first kappa shape index (κ1) is 15.1. The normalized spacial score (nSPS) is 12.5. The topological polar surface area (TPSA) is 12.0 Å². The number of rotatable bonds is 3. The molecular weight excluding hydrogens is 324 g/mol. The highest BCUT2D eigenvalue weighted by Gasteiger charge is 2.16. The van der Waals surface area contributed by atoms with E-state index >= 15 is 0 Å². The Morgan fingerprint density at radius 2 is 1.50 bits per heavy atom. The average molecular weight is 340 g/mol. The lowest BCUT2D eigenvalue weighted by Gasteiger charge is -2.19. The van der Waals surface area contributed by atoms with Crippen LogP contribution in [0.2, 0.25) is 0 Å². The molecule has 1 N–H and O–H groups in total. The maximum atomic E-state index is 13.7. The van der Waals surface area contributed by atoms with E-state index in [1.54, 1.807) is 33.0 Å². The third-order valence-corrected chi connectivity index (χ3v) is 3.76. The lowest BCUT2D eigenvalue weighted by atomic mass is 9.95. The molecule has 2 aromatic rings. The van der Waals surface area contributed by atoms with Crippen LogP contribution in [0.1, 0.15) is 28.3 Å². The van der Waals surface area contributed by atoms with E-state index in [0.717, 1.165) is 11.1 Å². The van der Waals surface area contributed by atoms with Gasteiger partial charge in [0.2, 0.25) is 0 Å². The fraction of sp³-hybridized carbons (Fsp3) is 0.250. The highest BCUT2D eigenvalue weighted by atomic mass is 79.9. The molecule has 1 unspecified atom stereocenters. The molecule has 1 atom stereocenters. The molecular formula is C16H16BrF2N. The lowest BCUT2D eigenvalue weighted by molar-refractivity contribution is 0.601. The maximum absolute atomic E-state index is 13.7. The molecule has 0 aliphatic carbocycles. The van der Waals surface area contributed by atoms with Gasteiger partial charge in [-0.1, -0.05) is 28.1 Å². The van der Waals surface area contributed by atoms with Gasteiger partial charge in [-0.25, -0.2) is 8.78 Å². The van der Waals surface area contributed by atoms with Crippen molar-refractivity contribution in [3.05, 3.63) is 68.7 Å². The van der Waals surface area contributed by atoms with Gasteiger partial charge in [0.15, 0.2) is 0 Å². The second-order valence-electron chi connectivity index (χ2n) is 4.89. The van der Waals surface area contributed by atoms with Crippen molar-refractivity contribution in [2.75, 3.05) is 7.05 Å². The van der Waals surface area contributed by atoms with Crippen molar-refractivity contribution >= 4 is 15.9 Å². The molecule has 0 heterocycles. The van der Waals surface area contributed by atoms with Crippen molar-refractivity contribution in [2.24, 2.45) is 0 Å². The summed E-state index contributed by atoms with van der Waals surface area (Å²) in [5, 5.41) is 3.15. The number of halogens is 3. The summed E-state index contributed by atoms with van der Waals surface area (Å²) in [5.41, 5.74) is 2.90. The van der Waals surface area contributed by atoms with Crippen LogP contribution < -0.4 is 5.32 Å². The van der Waals surface area contributed by atoms with Gasteiger partial charge in [0, 0.05) is 4.47 Å². The second kappa shape index (κ2) is 6.02. The van der Waals surface area contributed by atoms with Crippen molar-refractivity contribution in [1.82, 2.24) is 5.32 Å². The van der Waals surface area contributed by atoms with Crippen molar-refractivity contribution in [3.8, 4) is 0 Å². The van der Waals surface area contributed by atoms with Gasteiger partial charge in [0.1, 0.15) is 11.6 Å². The zero-order valence-electron chi connectivity index (χ0n) is 11.6. The number of benzene rings is 2. The van der Waals surface area contributed by atoms with Crippen molar-refractivity contribution < 1.29 is 8.78 Å². The first-order valence-corrected chi connectivity index (χ1v) is 7.11. The maximum Gasteiger partial charge on any atom is 0.129 e. The summed E-state index contributed by atoms with van der Waals surface area (Å²) in [6, 6.07) is 8.17. The minimum absolute atomic E-state index is 0.181. The summed E-state index contributed by atoms with van der Waals surface area (Å²) >= 11 is 3.30. The molecule has 0 spiro atoms. The van der Waals surface area contributed by atoms with Gasteiger partial charge < -0.3 is 5.32 Å². The van der Waals surface area contributed by atoms with Gasteiger partial charge in [0.05, 0.1) is 6.04 Å². The zero-order chi connectivity index (χ0) is 14.9. The van der Waals surface area contributed by atoms with Gasteiger partial charge in [-0.15, -0.1) is 0 Å². The average Bonchev–Trinajstić information content (AvgIpc) is 2.35. The predicted octanol–water partition coefficient (Wildman–Crippen LogP) is 4.65. The first-order valence-electron chi connectivity index (χ1n) is 6.32. The van der Waals surface area contributed by atoms with E-state index in [1.807, 2.05) is 6.07 Å². The quantitative estimate of drug-likeness (QED) is 0.857. The second-order valence-corrected chi connectivity index (χ2v) is 5.81. The van der Waals surface area contributed by atoms with Crippen molar-refractivity contribution in [3.63, 3.8) is 0 Å². The van der Waals surface area contributed by atoms with Crippen LogP contribution >= 0.6 is 15.9 Å². The molecule has 0 aliphatic rings. The Labute approximate surface area is 126 Å². The van der Waals surface area contributed by atoms with Crippen LogP contribution in [0.15, 0.2) is 34.8 Å². The van der Waals surface area contributed by atoms with Crippen LogP contribution in [0, 0.1) is 25.5 Å². The molecule has 4 heteroatoms. The summed E-state index contributed by atoms with van der Waals surface area (Å²) in [6.07, 6.45) is 0. The zero-order valence-corrected chi connectivity index (χ0v) is 13.2. The Bertz CT molecular complexity index is 597. The molecule has 0 amide bonds. The minimum Gasteiger partial charge on any atom is -0.309 e. The van der Waals surface area contributed by atoms with Crippen molar-refractivity contribution in [1.29, 1.82) is 0 Å². The summed E-state index contributed by atoms with van der Waals surface area (Å²) in [7, 11) is 1.80. The van der Waals surface area contributed by atoms with E-state index in [9.17, 15) is 8.78 Å². The molecule has 1 nitrogen and oxygen atoms in total. The van der Waals surface area contributed by atoms with E-state index in [-0.39, 0.29) is 17.7 Å². The van der Waals surface area contributed by atoms with Gasteiger partial charge in [0.25, 0.3) is 0 Å². The molecule has 106 valence electrons. The number of hydrogen-bond acceptors (Lipinski definition) is 1. The molecule has 20 heavy (non-hydrogen) atoms. The van der Waals surface area contributed by atoms with Crippen LogP contribution in [0.4, 0.5) is 8.78 Å². The minimum atomic E-state index is -0.301. The van der Waals surface area contributed by atoms with Crippen LogP contribution in [0.25, 0.3) is 0 Å². The van der Waals surface area contributed by atoms with Gasteiger partial charge in [-0.05, 0) is 61.3 Å². The fourth-order valence-electron chi connectivity index (χ4n) is 2.41. The summed E-state index contributed by atoms with van der Waals surface area (Å²) in [6.45, 7) is 3.47. The molecule has 0 aromatic heterocycles. The predicted molar refractivity (Wildman–Crippen MR) is 80.9 cm³/mol. The monoisotopic (exact) mass is 339 g/mol. The van der Waals surface area contributed by atoms with Gasteiger partial charge in [-0.3, -0.25) is 0 Å². The van der Waals surface area contributed by atoms with E-state index in [4.69, 9.17) is 0 Å². The van der Waals surface area contributed by atoms with Gasteiger partial charge in [-0.2, -0.15) is 0 Å². The summed E-state index contributed by atoms with van der Waals surface area (Å²) < 4.78 is 27.9. The molecule has 0 fully saturated rings. The fourth-order valence-corrected chi connectivity index (χ4v) is 2.90. The molecule has 0 saturated carbocycles. The molecule has 0 radical (unpaired) electrons. The van der Waals surface area contributed by atoms with E-state index in [1.165, 1.54) is 12.1 Å². The third-order valence-electron chi connectivity index (χ3n) is 3.30. The Balaban J connectivity index is 2.52. The standard InChI is InChI=1S/C16H16BrF2N/c1-9-4-11(5-10(2)15(9)19)16(20-3)12-6-13(17)8-14(18)7-12/h4-8,16,20H,1-3H3. The summed E-state index contributed by atoms with van der Waals surface area (Å²) in [5.74, 6) is -0.491. The highest BCUT2D eigenvalue weighted by molar-refractivity contribution is 9.10. The third kappa shape index (κ3) is 3.07. The SMILES string of the molecule is CNC(c1cc(F)cc(Br)c1)c1cc(C)c(F)c(C)c1. The van der Waals surface area contributed by atoms with Crippen LogP contribution in [-0.4, -0.2) is 7.05 Å². The Morgan fingerprint density at radius 3 is 2.00 bits per heavy atom. The van der Waals surface area contributed by atoms with Crippen LogP contribution in [0.3, 0.4) is 0 Å². The van der Waals surface area contributed by atoms with Gasteiger partial charge >= 0.3 is 0 Å². The highest BCUT2D eigenvalue weighted by Crippen LogP contribution is 2.28. The van der Waals surface area contributed by atoms with Crippen LogP contribution in [-0.2, 0) is 0 Å². The largest absolute Gasteiger partial charge is 0.309 e. The number of aryl methyl sites for hydroxylation is 2. The summed E-state index contributed by atoms with van der Waals surface area (Å²) in [4.78, 5) is 0. The molecule has 2 rings (SSSR count). The Hall–Kier alpha value is -1.26. The van der Waals surface area contributed by atoms with Crippen molar-refractivity contribution in [2.45, 2.75) is 19.9 Å².